The zero-order valence-corrected chi connectivity index (χ0v) is 25.0. The number of carbonyl (C=O) groups is 2. The minimum atomic E-state index is -5.39. The van der Waals surface area contributed by atoms with Gasteiger partial charge in [-0.2, -0.15) is 52.7 Å². The number of carbonyl (C=O) groups excluding carboxylic acids is 1. The van der Waals surface area contributed by atoms with E-state index in [-0.39, 0.29) is 35.7 Å². The molecule has 0 aromatic carbocycles. The standard InChI is InChI=1S/C10H8F6O.C10H10F6O.C5H8O2.C4H6O2/c11-9(12,13)8(10(14,15)16)6-3-1-2-4(6)5(2)7(3)17-8;11-9(12,13)8(10(14,15)16)6-2-4-1-5(6)7(3-4)17-8;1-4(2)5(6)7-3;1-3(2)4(5)6/h2-7H,1H2;4-7H,1-3H2;1H2,2-3H3;1H2,2H3,(H,5,6). The zero-order valence-electron chi connectivity index (χ0n) is 25.0. The predicted octanol–water partition coefficient (Wildman–Crippen LogP) is 7.44. The van der Waals surface area contributed by atoms with Crippen LogP contribution in [-0.2, 0) is 23.8 Å². The van der Waals surface area contributed by atoms with Crippen molar-refractivity contribution >= 4 is 11.9 Å². The van der Waals surface area contributed by atoms with Gasteiger partial charge in [-0.3, -0.25) is 0 Å². The molecule has 47 heavy (non-hydrogen) atoms. The van der Waals surface area contributed by atoms with Gasteiger partial charge in [0.2, 0.25) is 0 Å². The molecule has 8 bridgehead atoms. The van der Waals surface area contributed by atoms with Crippen LogP contribution in [0.15, 0.2) is 24.3 Å². The van der Waals surface area contributed by atoms with Crippen molar-refractivity contribution in [2.75, 3.05) is 7.11 Å². The number of fused-ring (bicyclic) bond motifs is 1. The van der Waals surface area contributed by atoms with Gasteiger partial charge in [0, 0.05) is 23.0 Å². The minimum absolute atomic E-state index is 0.0137. The van der Waals surface area contributed by atoms with Gasteiger partial charge in [-0.1, -0.05) is 13.2 Å². The van der Waals surface area contributed by atoms with E-state index < -0.39 is 83.7 Å². The van der Waals surface area contributed by atoms with Gasteiger partial charge >= 0.3 is 36.6 Å². The summed E-state index contributed by atoms with van der Waals surface area (Å²) in [5.74, 6) is -5.60. The van der Waals surface area contributed by atoms with E-state index in [2.05, 4.69) is 27.4 Å². The molecule has 10 unspecified atom stereocenters. The number of carboxylic acids is 1. The summed E-state index contributed by atoms with van der Waals surface area (Å²) in [4.78, 5) is 19.8. The Morgan fingerprint density at radius 1 is 0.702 bits per heavy atom. The molecule has 0 spiro atoms. The second-order valence-corrected chi connectivity index (χ2v) is 13.1. The van der Waals surface area contributed by atoms with Crippen molar-refractivity contribution in [3.63, 3.8) is 0 Å². The third kappa shape index (κ3) is 5.62. The topological polar surface area (TPSA) is 82.1 Å². The fourth-order valence-electron chi connectivity index (χ4n) is 8.89. The first kappa shape index (κ1) is 37.3. The molecule has 6 nitrogen and oxygen atoms in total. The summed E-state index contributed by atoms with van der Waals surface area (Å²) < 4.78 is 168. The highest BCUT2D eigenvalue weighted by atomic mass is 19.4. The Morgan fingerprint density at radius 3 is 1.47 bits per heavy atom. The Bertz CT molecular complexity index is 1210. The van der Waals surface area contributed by atoms with Gasteiger partial charge in [-0.05, 0) is 75.0 Å². The second-order valence-electron chi connectivity index (χ2n) is 13.1. The molecule has 268 valence electrons. The van der Waals surface area contributed by atoms with Crippen LogP contribution in [0.4, 0.5) is 52.7 Å². The number of esters is 1. The fraction of sp³-hybridized carbons (Fsp3) is 0.793. The Kier molecular flexibility index (Phi) is 9.17. The highest BCUT2D eigenvalue weighted by Gasteiger charge is 2.92. The number of aliphatic carboxylic acids is 1. The van der Waals surface area contributed by atoms with Crippen LogP contribution in [0.5, 0.6) is 0 Å². The van der Waals surface area contributed by atoms with Gasteiger partial charge in [-0.15, -0.1) is 0 Å². The van der Waals surface area contributed by atoms with Gasteiger partial charge < -0.3 is 19.3 Å². The predicted molar refractivity (Wildman–Crippen MR) is 135 cm³/mol. The van der Waals surface area contributed by atoms with E-state index in [0.717, 1.165) is 0 Å². The summed E-state index contributed by atoms with van der Waals surface area (Å²) in [7, 11) is 1.33. The first-order valence-electron chi connectivity index (χ1n) is 14.4. The summed E-state index contributed by atoms with van der Waals surface area (Å²) in [5, 5.41) is 7.89. The average molecular weight is 705 g/mol. The smallest absolute Gasteiger partial charge is 0.426 e. The first-order valence-corrected chi connectivity index (χ1v) is 14.4. The number of ether oxygens (including phenoxy) is 3. The van der Waals surface area contributed by atoms with Crippen LogP contribution in [-0.4, -0.2) is 72.3 Å². The summed E-state index contributed by atoms with van der Waals surface area (Å²) in [6.07, 6.45) is -21.9. The summed E-state index contributed by atoms with van der Waals surface area (Å²) in [6.45, 7) is 9.56. The lowest BCUT2D eigenvalue weighted by Crippen LogP contribution is -2.62. The molecule has 2 aliphatic heterocycles. The average Bonchev–Trinajstić information content (AvgIpc) is 3.55. The number of alkyl halides is 12. The molecule has 8 aliphatic rings. The van der Waals surface area contributed by atoms with Crippen molar-refractivity contribution in [1.29, 1.82) is 0 Å². The molecule has 0 amide bonds. The van der Waals surface area contributed by atoms with Gasteiger partial charge in [0.05, 0.1) is 19.3 Å². The van der Waals surface area contributed by atoms with Crippen molar-refractivity contribution in [3.05, 3.63) is 24.3 Å². The van der Waals surface area contributed by atoms with Crippen LogP contribution in [0.25, 0.3) is 0 Å². The highest BCUT2D eigenvalue weighted by Crippen LogP contribution is 2.83. The van der Waals surface area contributed by atoms with Crippen LogP contribution in [0.3, 0.4) is 0 Å². The van der Waals surface area contributed by atoms with Crippen LogP contribution in [0.2, 0.25) is 0 Å². The Balaban J connectivity index is 0.000000157. The SMILES string of the molecule is C=C(C)C(=O)O.C=C(C)C(=O)OC.FC(F)(F)C1(C(F)(F)F)OC2C3CC4C2C4C31.FC(F)(F)C1(C(F)(F)F)OC2CC3CC2C1C3. The number of rotatable bonds is 2. The van der Waals surface area contributed by atoms with E-state index in [1.165, 1.54) is 14.0 Å². The molecule has 2 heterocycles. The van der Waals surface area contributed by atoms with E-state index in [0.29, 0.717) is 24.8 Å². The third-order valence-corrected chi connectivity index (χ3v) is 10.5. The molecule has 0 radical (unpaired) electrons. The van der Waals surface area contributed by atoms with Gasteiger partial charge in [0.1, 0.15) is 0 Å². The molecule has 1 N–H and O–H groups in total. The van der Waals surface area contributed by atoms with Crippen LogP contribution in [0.1, 0.15) is 39.5 Å². The van der Waals surface area contributed by atoms with Crippen molar-refractivity contribution < 1.29 is 81.6 Å². The molecule has 0 aromatic rings. The quantitative estimate of drug-likeness (QED) is 0.183. The van der Waals surface area contributed by atoms with Gasteiger partial charge in [0.15, 0.2) is 0 Å². The molecular formula is C29H32F12O6. The Morgan fingerprint density at radius 2 is 1.19 bits per heavy atom. The van der Waals surface area contributed by atoms with Crippen LogP contribution >= 0.6 is 0 Å². The molecule has 6 aliphatic carbocycles. The van der Waals surface area contributed by atoms with E-state index >= 15 is 0 Å². The zero-order chi connectivity index (χ0) is 36.0. The maximum atomic E-state index is 12.9. The number of methoxy groups -OCH3 is 1. The molecule has 8 rings (SSSR count). The van der Waals surface area contributed by atoms with Crippen LogP contribution < -0.4 is 0 Å². The van der Waals surface area contributed by atoms with Crippen LogP contribution in [0, 0.1) is 47.3 Å². The lowest BCUT2D eigenvalue weighted by molar-refractivity contribution is -0.393. The largest absolute Gasteiger partial charge is 0.478 e. The van der Waals surface area contributed by atoms with Crippen molar-refractivity contribution in [1.82, 2.24) is 0 Å². The first-order chi connectivity index (χ1) is 21.2. The molecule has 2 saturated heterocycles. The van der Waals surface area contributed by atoms with E-state index in [1.54, 1.807) is 6.92 Å². The fourth-order valence-corrected chi connectivity index (χ4v) is 8.89. The lowest BCUT2D eigenvalue weighted by Gasteiger charge is -2.39. The van der Waals surface area contributed by atoms with E-state index in [1.807, 2.05) is 0 Å². The Hall–Kier alpha value is -2.50. The van der Waals surface area contributed by atoms with Crippen molar-refractivity contribution in [2.45, 2.75) is 87.6 Å². The maximum absolute atomic E-state index is 12.9. The molecular weight excluding hydrogens is 672 g/mol. The monoisotopic (exact) mass is 704 g/mol. The normalized spacial score (nSPS) is 37.1. The lowest BCUT2D eigenvalue weighted by atomic mass is 9.78. The number of halogens is 12. The summed E-state index contributed by atoms with van der Waals surface area (Å²) >= 11 is 0. The Labute approximate surface area is 260 Å². The maximum Gasteiger partial charge on any atom is 0.426 e. The number of hydrogen-bond donors (Lipinski definition) is 1. The third-order valence-electron chi connectivity index (χ3n) is 10.5. The van der Waals surface area contributed by atoms with E-state index in [9.17, 15) is 62.3 Å². The summed E-state index contributed by atoms with van der Waals surface area (Å²) in [6, 6.07) is 0. The highest BCUT2D eigenvalue weighted by molar-refractivity contribution is 5.86. The molecule has 6 saturated carbocycles. The number of carboxylic acid groups (broad SMARTS) is 1. The van der Waals surface area contributed by atoms with Crippen molar-refractivity contribution in [3.8, 4) is 0 Å². The minimum Gasteiger partial charge on any atom is -0.478 e. The molecule has 10 atom stereocenters. The van der Waals surface area contributed by atoms with Gasteiger partial charge in [-0.25, -0.2) is 9.59 Å². The van der Waals surface area contributed by atoms with E-state index in [4.69, 9.17) is 5.11 Å². The summed E-state index contributed by atoms with van der Waals surface area (Å²) in [5.41, 5.74) is -7.19. The molecule has 0 aromatic heterocycles. The van der Waals surface area contributed by atoms with Gasteiger partial charge in [0.25, 0.3) is 11.2 Å². The number of hydrogen-bond acceptors (Lipinski definition) is 5. The second kappa shape index (κ2) is 11.5. The molecule has 8 fully saturated rings. The van der Waals surface area contributed by atoms with Crippen molar-refractivity contribution in [2.24, 2.45) is 47.3 Å². The molecule has 18 heteroatoms.